The molecule has 10 nitrogen and oxygen atoms in total. The van der Waals surface area contributed by atoms with E-state index in [0.717, 1.165) is 5.56 Å². The fourth-order valence-corrected chi connectivity index (χ4v) is 4.77. The number of nitrogens with zero attached hydrogens (tertiary/aromatic N) is 1. The van der Waals surface area contributed by atoms with Crippen LogP contribution in [0.1, 0.15) is 73.3 Å². The van der Waals surface area contributed by atoms with Crippen LogP contribution in [0.15, 0.2) is 30.3 Å². The first-order valence-electron chi connectivity index (χ1n) is 15.0. The lowest BCUT2D eigenvalue weighted by atomic mass is 10.00. The minimum Gasteiger partial charge on any atom is -0.452 e. The van der Waals surface area contributed by atoms with Gasteiger partial charge in [0.05, 0.1) is 5.92 Å². The lowest BCUT2D eigenvalue weighted by molar-refractivity contribution is -0.167. The highest BCUT2D eigenvalue weighted by molar-refractivity contribution is 5.92. The number of esters is 2. The first-order chi connectivity index (χ1) is 19.7. The molecule has 42 heavy (non-hydrogen) atoms. The molecule has 1 aromatic carbocycles. The van der Waals surface area contributed by atoms with E-state index in [1.807, 2.05) is 71.9 Å². The third-order valence-electron chi connectivity index (χ3n) is 7.14. The fourth-order valence-electron chi connectivity index (χ4n) is 4.77. The number of benzene rings is 1. The number of cyclic esters (lactones) is 2. The third-order valence-corrected chi connectivity index (χ3v) is 7.14. The van der Waals surface area contributed by atoms with Crippen LogP contribution in [-0.4, -0.2) is 72.4 Å². The topological polar surface area (TPSA) is 131 Å². The quantitative estimate of drug-likeness (QED) is 0.447. The Morgan fingerprint density at radius 3 is 1.90 bits per heavy atom. The molecule has 0 radical (unpaired) electrons. The average Bonchev–Trinajstić information content (AvgIpc) is 2.91. The number of carbonyl (C=O) groups is 5. The maximum Gasteiger partial charge on any atom is 0.329 e. The lowest BCUT2D eigenvalue weighted by Gasteiger charge is -2.32. The molecule has 0 aromatic heterocycles. The molecule has 2 N–H and O–H groups in total. The number of rotatable bonds is 8. The Labute approximate surface area is 250 Å². The molecule has 5 atom stereocenters. The second kappa shape index (κ2) is 16.3. The molecule has 1 heterocycles. The number of hydrogen-bond acceptors (Lipinski definition) is 7. The Hall–Kier alpha value is -3.43. The summed E-state index contributed by atoms with van der Waals surface area (Å²) in [5, 5.41) is 5.52. The van der Waals surface area contributed by atoms with E-state index in [-0.39, 0.29) is 50.0 Å². The number of carbonyl (C=O) groups excluding carboxylic acids is 5. The monoisotopic (exact) mass is 587 g/mol. The number of amides is 3. The molecule has 0 saturated carbocycles. The minimum absolute atomic E-state index is 0.000898. The van der Waals surface area contributed by atoms with Gasteiger partial charge in [-0.2, -0.15) is 0 Å². The molecule has 5 unspecified atom stereocenters. The van der Waals surface area contributed by atoms with Gasteiger partial charge in [-0.05, 0) is 42.6 Å². The van der Waals surface area contributed by atoms with Gasteiger partial charge < -0.3 is 25.0 Å². The normalized spacial score (nSPS) is 25.4. The van der Waals surface area contributed by atoms with Crippen LogP contribution in [-0.2, 0) is 39.9 Å². The van der Waals surface area contributed by atoms with Crippen molar-refractivity contribution in [3.8, 4) is 0 Å². The van der Waals surface area contributed by atoms with Gasteiger partial charge in [0.2, 0.25) is 5.91 Å². The highest BCUT2D eigenvalue weighted by Crippen LogP contribution is 2.19. The average molecular weight is 588 g/mol. The Morgan fingerprint density at radius 1 is 0.786 bits per heavy atom. The first kappa shape index (κ1) is 34.8. The summed E-state index contributed by atoms with van der Waals surface area (Å²) in [5.74, 6) is -3.68. The molecule has 1 aliphatic rings. The summed E-state index contributed by atoms with van der Waals surface area (Å²) in [5.41, 5.74) is 0.841. The van der Waals surface area contributed by atoms with Gasteiger partial charge in [0, 0.05) is 20.0 Å². The molecule has 1 aromatic rings. The standard InChI is InChI=1S/C32H49N3O7/c1-19(2)14-24-32(40)42-27(16-21(5)6)30(38)35(8)25(17-23-12-10-9-11-13-23)28(36)33-18-22(7)31(39)41-26(15-20(3)4)29(37)34-24/h9-13,19-22,24-27H,14-18H2,1-8H3,(H,33,36)(H,34,37). The third kappa shape index (κ3) is 10.8. The van der Waals surface area contributed by atoms with Crippen molar-refractivity contribution in [2.24, 2.45) is 23.7 Å². The van der Waals surface area contributed by atoms with Crippen LogP contribution < -0.4 is 10.6 Å². The van der Waals surface area contributed by atoms with Gasteiger partial charge in [-0.25, -0.2) is 4.79 Å². The summed E-state index contributed by atoms with van der Waals surface area (Å²) in [4.78, 5) is 68.5. The maximum atomic E-state index is 13.9. The van der Waals surface area contributed by atoms with Crippen molar-refractivity contribution in [3.05, 3.63) is 35.9 Å². The molecule has 0 aliphatic carbocycles. The summed E-state index contributed by atoms with van der Waals surface area (Å²) in [6.07, 6.45) is -1.31. The molecule has 1 aliphatic heterocycles. The summed E-state index contributed by atoms with van der Waals surface area (Å²) in [7, 11) is 1.52. The molecule has 10 heteroatoms. The molecule has 0 bridgehead atoms. The maximum absolute atomic E-state index is 13.9. The molecule has 3 amide bonds. The molecule has 1 fully saturated rings. The Morgan fingerprint density at radius 2 is 1.33 bits per heavy atom. The predicted octanol–water partition coefficient (Wildman–Crippen LogP) is 3.27. The number of likely N-dealkylation sites (N-methyl/N-ethyl adjacent to an activating group) is 1. The van der Waals surface area contributed by atoms with Gasteiger partial charge in [0.15, 0.2) is 12.2 Å². The second-order valence-electron chi connectivity index (χ2n) is 12.6. The van der Waals surface area contributed by atoms with E-state index in [0.29, 0.717) is 0 Å². The zero-order chi connectivity index (χ0) is 31.6. The van der Waals surface area contributed by atoms with Crippen molar-refractivity contribution in [2.75, 3.05) is 13.6 Å². The SMILES string of the molecule is CC(C)CC1NC(=O)C(CC(C)C)OC(=O)C(C)CNC(=O)C(Cc2ccccc2)N(C)C(=O)C(CC(C)C)OC1=O. The van der Waals surface area contributed by atoms with E-state index in [2.05, 4.69) is 10.6 Å². The Balaban J connectivity index is 2.54. The highest BCUT2D eigenvalue weighted by Gasteiger charge is 2.37. The van der Waals surface area contributed by atoms with Crippen LogP contribution in [0.5, 0.6) is 0 Å². The lowest BCUT2D eigenvalue weighted by Crippen LogP contribution is -2.55. The Kier molecular flexibility index (Phi) is 13.5. The summed E-state index contributed by atoms with van der Waals surface area (Å²) < 4.78 is 11.4. The van der Waals surface area contributed by atoms with Gasteiger partial charge in [0.1, 0.15) is 12.1 Å². The zero-order valence-electron chi connectivity index (χ0n) is 26.3. The van der Waals surface area contributed by atoms with Gasteiger partial charge in [-0.15, -0.1) is 0 Å². The van der Waals surface area contributed by atoms with Crippen molar-refractivity contribution < 1.29 is 33.4 Å². The minimum atomic E-state index is -1.16. The van der Waals surface area contributed by atoms with Crippen LogP contribution in [0.2, 0.25) is 0 Å². The van der Waals surface area contributed by atoms with Crippen LogP contribution in [0.3, 0.4) is 0 Å². The van der Waals surface area contributed by atoms with Crippen molar-refractivity contribution >= 4 is 29.7 Å². The van der Waals surface area contributed by atoms with Crippen molar-refractivity contribution in [1.29, 1.82) is 0 Å². The van der Waals surface area contributed by atoms with Gasteiger partial charge >= 0.3 is 11.9 Å². The van der Waals surface area contributed by atoms with E-state index in [1.54, 1.807) is 6.92 Å². The zero-order valence-corrected chi connectivity index (χ0v) is 26.3. The number of nitrogens with one attached hydrogen (secondary N) is 2. The smallest absolute Gasteiger partial charge is 0.329 e. The Bertz CT molecular complexity index is 1070. The van der Waals surface area contributed by atoms with Crippen molar-refractivity contribution in [2.45, 2.75) is 98.4 Å². The molecule has 1 saturated heterocycles. The van der Waals surface area contributed by atoms with Gasteiger partial charge in [-0.1, -0.05) is 78.8 Å². The van der Waals surface area contributed by atoms with Crippen LogP contribution in [0.25, 0.3) is 0 Å². The summed E-state index contributed by atoms with van der Waals surface area (Å²) in [6.45, 7) is 13.0. The molecular formula is C32H49N3O7. The van der Waals surface area contributed by atoms with Crippen molar-refractivity contribution in [3.63, 3.8) is 0 Å². The largest absolute Gasteiger partial charge is 0.452 e. The fraction of sp³-hybridized carbons (Fsp3) is 0.656. The van der Waals surface area contributed by atoms with Gasteiger partial charge in [0.25, 0.3) is 11.8 Å². The second-order valence-corrected chi connectivity index (χ2v) is 12.6. The summed E-state index contributed by atoms with van der Waals surface area (Å²) >= 11 is 0. The van der Waals surface area contributed by atoms with E-state index in [9.17, 15) is 24.0 Å². The van der Waals surface area contributed by atoms with Crippen LogP contribution in [0.4, 0.5) is 0 Å². The predicted molar refractivity (Wildman–Crippen MR) is 159 cm³/mol. The molecule has 2 rings (SSSR count). The number of ether oxygens (including phenoxy) is 2. The van der Waals surface area contributed by atoms with Crippen LogP contribution >= 0.6 is 0 Å². The number of hydrogen-bond donors (Lipinski definition) is 2. The van der Waals surface area contributed by atoms with E-state index in [4.69, 9.17) is 9.47 Å². The van der Waals surface area contributed by atoms with Crippen molar-refractivity contribution in [1.82, 2.24) is 15.5 Å². The van der Waals surface area contributed by atoms with E-state index < -0.39 is 59.9 Å². The highest BCUT2D eigenvalue weighted by atomic mass is 16.6. The van der Waals surface area contributed by atoms with E-state index in [1.165, 1.54) is 11.9 Å². The first-order valence-corrected chi connectivity index (χ1v) is 15.0. The molecular weight excluding hydrogens is 538 g/mol. The van der Waals surface area contributed by atoms with E-state index >= 15 is 0 Å². The molecule has 0 spiro atoms. The molecule has 234 valence electrons. The van der Waals surface area contributed by atoms with Gasteiger partial charge in [-0.3, -0.25) is 19.2 Å². The summed E-state index contributed by atoms with van der Waals surface area (Å²) in [6, 6.07) is 7.32. The van der Waals surface area contributed by atoms with Crippen LogP contribution in [0, 0.1) is 23.7 Å².